The molecule has 0 bridgehead atoms. The van der Waals surface area contributed by atoms with Gasteiger partial charge in [-0.05, 0) is 30.5 Å². The Balaban J connectivity index is 1.59. The summed E-state index contributed by atoms with van der Waals surface area (Å²) in [7, 11) is 0. The molecule has 2 atom stereocenters. The van der Waals surface area contributed by atoms with Crippen LogP contribution in [-0.4, -0.2) is 41.9 Å². The van der Waals surface area contributed by atoms with E-state index >= 15 is 0 Å². The van der Waals surface area contributed by atoms with Gasteiger partial charge in [0.2, 0.25) is 0 Å². The van der Waals surface area contributed by atoms with Gasteiger partial charge in [0, 0.05) is 36.6 Å². The minimum absolute atomic E-state index is 0.264. The van der Waals surface area contributed by atoms with E-state index in [9.17, 15) is 4.79 Å². The number of benzene rings is 1. The smallest absolute Gasteiger partial charge is 0.307 e. The van der Waals surface area contributed by atoms with Crippen molar-refractivity contribution in [1.29, 1.82) is 0 Å². The topological polar surface area (TPSA) is 86.6 Å². The number of carbonyl (C=O) groups is 1. The largest absolute Gasteiger partial charge is 0.481 e. The van der Waals surface area contributed by atoms with Crippen LogP contribution in [-0.2, 0) is 4.79 Å². The minimum atomic E-state index is -0.730. The van der Waals surface area contributed by atoms with Crippen molar-refractivity contribution < 1.29 is 9.90 Å². The lowest BCUT2D eigenvalue weighted by Gasteiger charge is -2.27. The van der Waals surface area contributed by atoms with Crippen LogP contribution in [0.3, 0.4) is 0 Å². The van der Waals surface area contributed by atoms with E-state index in [4.69, 9.17) is 5.11 Å². The number of hydrazone groups is 1. The maximum absolute atomic E-state index is 11.1. The number of pyridine rings is 1. The molecule has 2 heterocycles. The molecule has 0 saturated carbocycles. The molecule has 0 unspecified atom stereocenters. The van der Waals surface area contributed by atoms with E-state index in [0.717, 1.165) is 23.2 Å². The molecule has 3 rings (SSSR count). The maximum atomic E-state index is 11.1. The van der Waals surface area contributed by atoms with Crippen LogP contribution in [0.1, 0.15) is 12.0 Å². The van der Waals surface area contributed by atoms with Crippen LogP contribution in [0.25, 0.3) is 11.1 Å². The number of carboxylic acid groups (broad SMARTS) is 1. The number of hydrogen-bond acceptors (Lipinski definition) is 5. The van der Waals surface area contributed by atoms with Crippen LogP contribution in [0.2, 0.25) is 0 Å². The highest BCUT2D eigenvalue weighted by molar-refractivity contribution is 5.90. The number of piperidine rings is 1. The van der Waals surface area contributed by atoms with Crippen molar-refractivity contribution in [1.82, 2.24) is 15.7 Å². The van der Waals surface area contributed by atoms with Gasteiger partial charge in [-0.3, -0.25) is 9.78 Å². The summed E-state index contributed by atoms with van der Waals surface area (Å²) in [4.78, 5) is 15.3. The highest BCUT2D eigenvalue weighted by atomic mass is 16.4. The molecule has 6 nitrogen and oxygen atoms in total. The van der Waals surface area contributed by atoms with Crippen LogP contribution >= 0.6 is 0 Å². The monoisotopic (exact) mass is 338 g/mol. The van der Waals surface area contributed by atoms with Crippen molar-refractivity contribution in [3.8, 4) is 11.1 Å². The fourth-order valence-electron chi connectivity index (χ4n) is 3.07. The number of carboxylic acids is 1. The Morgan fingerprint density at radius 2 is 2.20 bits per heavy atom. The third kappa shape index (κ3) is 4.64. The molecule has 0 amide bonds. The molecule has 130 valence electrons. The Bertz CT molecular complexity index is 733. The van der Waals surface area contributed by atoms with Gasteiger partial charge in [0.05, 0.1) is 12.1 Å². The normalized spacial score (nSPS) is 20.5. The molecular formula is C19H22N4O2. The van der Waals surface area contributed by atoms with Crippen molar-refractivity contribution in [3.63, 3.8) is 0 Å². The third-order valence-electron chi connectivity index (χ3n) is 4.40. The molecule has 25 heavy (non-hydrogen) atoms. The Labute approximate surface area is 147 Å². The SMILES string of the molecule is O=C(O)[C@H]1CNC[C@@H](CN/N=C/c2ccccc2-c2cccnc2)C1. The fraction of sp³-hybridized carbons (Fsp3) is 0.316. The molecule has 1 aliphatic heterocycles. The maximum Gasteiger partial charge on any atom is 0.307 e. The highest BCUT2D eigenvalue weighted by Crippen LogP contribution is 2.21. The lowest BCUT2D eigenvalue weighted by molar-refractivity contribution is -0.142. The summed E-state index contributed by atoms with van der Waals surface area (Å²) in [6.45, 7) is 2.02. The quantitative estimate of drug-likeness (QED) is 0.554. The summed E-state index contributed by atoms with van der Waals surface area (Å²) in [6.07, 6.45) is 6.06. The lowest BCUT2D eigenvalue weighted by atomic mass is 9.91. The fourth-order valence-corrected chi connectivity index (χ4v) is 3.07. The Kier molecular flexibility index (Phi) is 5.74. The average Bonchev–Trinajstić information content (AvgIpc) is 2.66. The first-order valence-corrected chi connectivity index (χ1v) is 8.43. The first-order valence-electron chi connectivity index (χ1n) is 8.43. The molecule has 0 spiro atoms. The number of nitrogens with one attached hydrogen (secondary N) is 2. The van der Waals surface area contributed by atoms with Crippen molar-refractivity contribution in [2.24, 2.45) is 16.9 Å². The van der Waals surface area contributed by atoms with E-state index in [1.807, 2.05) is 42.6 Å². The summed E-state index contributed by atoms with van der Waals surface area (Å²) < 4.78 is 0. The molecular weight excluding hydrogens is 316 g/mol. The zero-order chi connectivity index (χ0) is 17.5. The van der Waals surface area contributed by atoms with E-state index in [-0.39, 0.29) is 11.8 Å². The molecule has 3 N–H and O–H groups in total. The molecule has 1 saturated heterocycles. The number of rotatable bonds is 6. The second-order valence-corrected chi connectivity index (χ2v) is 6.24. The van der Waals surface area contributed by atoms with Crippen molar-refractivity contribution >= 4 is 12.2 Å². The van der Waals surface area contributed by atoms with Gasteiger partial charge in [0.25, 0.3) is 0 Å². The number of aromatic nitrogens is 1. The number of aliphatic carboxylic acids is 1. The molecule has 1 fully saturated rings. The first-order chi connectivity index (χ1) is 12.2. The summed E-state index contributed by atoms with van der Waals surface area (Å²) in [5, 5.41) is 16.6. The van der Waals surface area contributed by atoms with Crippen LogP contribution in [0.15, 0.2) is 53.9 Å². The highest BCUT2D eigenvalue weighted by Gasteiger charge is 2.26. The standard InChI is InChI=1S/C19H22N4O2/c24-19(25)17-8-14(9-21-12-17)10-22-23-13-16-4-1-2-6-18(16)15-5-3-7-20-11-15/h1-7,11,13-14,17,21-22H,8-10,12H2,(H,24,25)/b23-13+/t14-,17+/m0/s1. The van der Waals surface area contributed by atoms with E-state index < -0.39 is 5.97 Å². The Morgan fingerprint density at radius 3 is 3.00 bits per heavy atom. The summed E-state index contributed by atoms with van der Waals surface area (Å²) in [5.41, 5.74) is 6.19. The van der Waals surface area contributed by atoms with Gasteiger partial charge in [-0.25, -0.2) is 0 Å². The molecule has 1 aromatic carbocycles. The van der Waals surface area contributed by atoms with Crippen LogP contribution in [0.5, 0.6) is 0 Å². The van der Waals surface area contributed by atoms with E-state index in [0.29, 0.717) is 19.5 Å². The van der Waals surface area contributed by atoms with Gasteiger partial charge >= 0.3 is 5.97 Å². The van der Waals surface area contributed by atoms with Crippen molar-refractivity contribution in [3.05, 3.63) is 54.4 Å². The third-order valence-corrected chi connectivity index (χ3v) is 4.40. The predicted octanol–water partition coefficient (Wildman–Crippen LogP) is 1.98. The minimum Gasteiger partial charge on any atom is -0.481 e. The summed E-state index contributed by atoms with van der Waals surface area (Å²) >= 11 is 0. The van der Waals surface area contributed by atoms with Gasteiger partial charge in [0.1, 0.15) is 0 Å². The second kappa shape index (κ2) is 8.39. The molecule has 2 aromatic rings. The zero-order valence-electron chi connectivity index (χ0n) is 13.9. The molecule has 0 aliphatic carbocycles. The molecule has 1 aliphatic rings. The van der Waals surface area contributed by atoms with Crippen LogP contribution < -0.4 is 10.7 Å². The average molecular weight is 338 g/mol. The summed E-state index contributed by atoms with van der Waals surface area (Å²) in [6, 6.07) is 12.0. The predicted molar refractivity (Wildman–Crippen MR) is 97.4 cm³/mol. The van der Waals surface area contributed by atoms with E-state index in [2.05, 4.69) is 20.8 Å². The van der Waals surface area contributed by atoms with Crippen molar-refractivity contribution in [2.45, 2.75) is 6.42 Å². The van der Waals surface area contributed by atoms with Gasteiger partial charge < -0.3 is 15.8 Å². The number of nitrogens with zero attached hydrogens (tertiary/aromatic N) is 2. The lowest BCUT2D eigenvalue weighted by Crippen LogP contribution is -2.42. The van der Waals surface area contributed by atoms with Gasteiger partial charge in [-0.1, -0.05) is 30.3 Å². The van der Waals surface area contributed by atoms with E-state index in [1.54, 1.807) is 12.4 Å². The van der Waals surface area contributed by atoms with Crippen LogP contribution in [0, 0.1) is 11.8 Å². The van der Waals surface area contributed by atoms with Gasteiger partial charge in [0.15, 0.2) is 0 Å². The Hall–Kier alpha value is -2.73. The number of hydrogen-bond donors (Lipinski definition) is 3. The Morgan fingerprint density at radius 1 is 1.32 bits per heavy atom. The van der Waals surface area contributed by atoms with Crippen molar-refractivity contribution in [2.75, 3.05) is 19.6 Å². The second-order valence-electron chi connectivity index (χ2n) is 6.24. The first kappa shape index (κ1) is 17.1. The van der Waals surface area contributed by atoms with E-state index in [1.165, 1.54) is 0 Å². The van der Waals surface area contributed by atoms with Gasteiger partial charge in [-0.2, -0.15) is 5.10 Å². The summed E-state index contributed by atoms with van der Waals surface area (Å²) in [5.74, 6) is -0.775. The molecule has 1 aromatic heterocycles. The van der Waals surface area contributed by atoms with Crippen LogP contribution in [0.4, 0.5) is 0 Å². The zero-order valence-corrected chi connectivity index (χ0v) is 13.9. The van der Waals surface area contributed by atoms with Gasteiger partial charge in [-0.15, -0.1) is 0 Å². The molecule has 6 heteroatoms. The molecule has 0 radical (unpaired) electrons.